The minimum absolute atomic E-state index is 0.388. The monoisotopic (exact) mass is 306 g/mol. The van der Waals surface area contributed by atoms with Crippen LogP contribution in [0.25, 0.3) is 27.3 Å². The van der Waals surface area contributed by atoms with Gasteiger partial charge in [-0.2, -0.15) is 15.5 Å². The maximum absolute atomic E-state index is 9.16. The Morgan fingerprint density at radius 2 is 2.18 bits per heavy atom. The fourth-order valence-electron chi connectivity index (χ4n) is 2.38. The second-order valence-corrected chi connectivity index (χ2v) is 5.66. The third-order valence-electron chi connectivity index (χ3n) is 3.37. The van der Waals surface area contributed by atoms with E-state index in [-0.39, 0.29) is 0 Å². The first kappa shape index (κ1) is 12.7. The van der Waals surface area contributed by atoms with Crippen LogP contribution in [0.4, 0.5) is 0 Å². The fraction of sp³-hybridized carbons (Fsp3) is 0.0667. The quantitative estimate of drug-likeness (QED) is 0.571. The number of hydrogen-bond donors (Lipinski definition) is 0. The van der Waals surface area contributed by atoms with E-state index < -0.39 is 0 Å². The minimum atomic E-state index is 0.388. The van der Waals surface area contributed by atoms with E-state index in [2.05, 4.69) is 21.3 Å². The van der Waals surface area contributed by atoms with Crippen molar-refractivity contribution in [3.05, 3.63) is 47.9 Å². The molecule has 0 atom stereocenters. The van der Waals surface area contributed by atoms with Crippen molar-refractivity contribution in [3.63, 3.8) is 0 Å². The molecule has 0 spiro atoms. The van der Waals surface area contributed by atoms with Crippen LogP contribution in [0.15, 0.2) is 42.2 Å². The number of aromatic nitrogens is 5. The minimum Gasteiger partial charge on any atom is -0.274 e. The number of thiazole rings is 1. The molecule has 4 rings (SSSR count). The van der Waals surface area contributed by atoms with Gasteiger partial charge in [-0.05, 0) is 12.1 Å². The summed E-state index contributed by atoms with van der Waals surface area (Å²) in [7, 11) is 1.79. The molecule has 0 aliphatic carbocycles. The van der Waals surface area contributed by atoms with Crippen LogP contribution in [-0.4, -0.2) is 24.4 Å². The number of rotatable bonds is 2. The van der Waals surface area contributed by atoms with Gasteiger partial charge in [0.1, 0.15) is 11.1 Å². The summed E-state index contributed by atoms with van der Waals surface area (Å²) < 4.78 is 3.45. The number of pyridine rings is 1. The highest BCUT2D eigenvalue weighted by atomic mass is 32.1. The smallest absolute Gasteiger partial charge is 0.171 e. The zero-order valence-electron chi connectivity index (χ0n) is 11.6. The second kappa shape index (κ2) is 4.79. The van der Waals surface area contributed by atoms with E-state index in [4.69, 9.17) is 5.26 Å². The Hall–Kier alpha value is -2.98. The molecule has 0 aromatic carbocycles. The van der Waals surface area contributed by atoms with Gasteiger partial charge in [-0.1, -0.05) is 6.07 Å². The van der Waals surface area contributed by atoms with Gasteiger partial charge in [-0.15, -0.1) is 11.3 Å². The number of aryl methyl sites for hydroxylation is 1. The Morgan fingerprint density at radius 1 is 1.27 bits per heavy atom. The van der Waals surface area contributed by atoms with Crippen LogP contribution in [-0.2, 0) is 7.05 Å². The molecule has 4 heterocycles. The molecule has 4 aromatic heterocycles. The predicted octanol–water partition coefficient (Wildman–Crippen LogP) is 2.73. The third kappa shape index (κ3) is 1.89. The first-order valence-electron chi connectivity index (χ1n) is 6.58. The zero-order chi connectivity index (χ0) is 15.1. The number of fused-ring (bicyclic) bond motifs is 1. The Bertz CT molecular complexity index is 1020. The van der Waals surface area contributed by atoms with Crippen molar-refractivity contribution in [1.82, 2.24) is 24.4 Å². The van der Waals surface area contributed by atoms with E-state index in [0.717, 1.165) is 27.3 Å². The van der Waals surface area contributed by atoms with E-state index in [1.807, 2.05) is 46.7 Å². The summed E-state index contributed by atoms with van der Waals surface area (Å²) in [6.07, 6.45) is 5.53. The van der Waals surface area contributed by atoms with Crippen molar-refractivity contribution in [2.24, 2.45) is 7.05 Å². The molecule has 0 radical (unpaired) electrons. The molecule has 0 N–H and O–H groups in total. The fourth-order valence-corrected chi connectivity index (χ4v) is 3.22. The van der Waals surface area contributed by atoms with Crippen molar-refractivity contribution in [2.45, 2.75) is 0 Å². The van der Waals surface area contributed by atoms with Crippen LogP contribution in [0.2, 0.25) is 0 Å². The number of nitriles is 1. The van der Waals surface area contributed by atoms with E-state index in [0.29, 0.717) is 5.69 Å². The molecule has 0 saturated heterocycles. The molecule has 4 aromatic rings. The lowest BCUT2D eigenvalue weighted by molar-refractivity contribution is 0.763. The maximum Gasteiger partial charge on any atom is 0.171 e. The Balaban J connectivity index is 1.83. The first-order valence-corrected chi connectivity index (χ1v) is 7.46. The lowest BCUT2D eigenvalue weighted by atomic mass is 10.2. The summed E-state index contributed by atoms with van der Waals surface area (Å²) in [6, 6.07) is 8.03. The first-order chi connectivity index (χ1) is 10.8. The summed E-state index contributed by atoms with van der Waals surface area (Å²) in [5.41, 5.74) is 3.90. The Kier molecular flexibility index (Phi) is 2.77. The van der Waals surface area contributed by atoms with Crippen LogP contribution >= 0.6 is 11.3 Å². The number of nitrogens with zero attached hydrogens (tertiary/aromatic N) is 6. The molecule has 0 bridgehead atoms. The third-order valence-corrected chi connectivity index (χ3v) is 4.25. The second-order valence-electron chi connectivity index (χ2n) is 4.80. The normalized spacial score (nSPS) is 10.9. The highest BCUT2D eigenvalue weighted by molar-refractivity contribution is 7.13. The van der Waals surface area contributed by atoms with Gasteiger partial charge in [0.05, 0.1) is 28.5 Å². The molecule has 106 valence electrons. The van der Waals surface area contributed by atoms with Gasteiger partial charge in [-0.25, -0.2) is 9.50 Å². The SMILES string of the molecule is Cn1cc(-c2csc(-c3cnn4ccccc34)n2)c(C#N)n1. The van der Waals surface area contributed by atoms with E-state index in [9.17, 15) is 0 Å². The summed E-state index contributed by atoms with van der Waals surface area (Å²) in [5.74, 6) is 0. The van der Waals surface area contributed by atoms with E-state index >= 15 is 0 Å². The topological polar surface area (TPSA) is 71.8 Å². The van der Waals surface area contributed by atoms with Crippen molar-refractivity contribution < 1.29 is 0 Å². The van der Waals surface area contributed by atoms with Gasteiger partial charge >= 0.3 is 0 Å². The Morgan fingerprint density at radius 3 is 3.05 bits per heavy atom. The molecule has 0 unspecified atom stereocenters. The summed E-state index contributed by atoms with van der Waals surface area (Å²) in [6.45, 7) is 0. The molecular formula is C15H10N6S. The van der Waals surface area contributed by atoms with Crippen LogP contribution in [0.1, 0.15) is 5.69 Å². The highest BCUT2D eigenvalue weighted by Gasteiger charge is 2.15. The van der Waals surface area contributed by atoms with Crippen molar-refractivity contribution >= 4 is 16.9 Å². The lowest BCUT2D eigenvalue weighted by Crippen LogP contribution is -1.86. The largest absolute Gasteiger partial charge is 0.274 e. The van der Waals surface area contributed by atoms with E-state index in [1.165, 1.54) is 11.3 Å². The van der Waals surface area contributed by atoms with Gasteiger partial charge in [0, 0.05) is 24.8 Å². The van der Waals surface area contributed by atoms with Gasteiger partial charge in [0.15, 0.2) is 5.69 Å². The highest BCUT2D eigenvalue weighted by Crippen LogP contribution is 2.32. The van der Waals surface area contributed by atoms with Crippen LogP contribution in [0, 0.1) is 11.3 Å². The molecule has 22 heavy (non-hydrogen) atoms. The van der Waals surface area contributed by atoms with Gasteiger partial charge in [0.2, 0.25) is 0 Å². The summed E-state index contributed by atoms with van der Waals surface area (Å²) in [4.78, 5) is 4.66. The average molecular weight is 306 g/mol. The number of hydrogen-bond acceptors (Lipinski definition) is 5. The molecule has 7 heteroatoms. The zero-order valence-corrected chi connectivity index (χ0v) is 12.4. The van der Waals surface area contributed by atoms with Crippen molar-refractivity contribution in [3.8, 4) is 27.9 Å². The van der Waals surface area contributed by atoms with Gasteiger partial charge in [-0.3, -0.25) is 4.68 Å². The summed E-state index contributed by atoms with van der Waals surface area (Å²) in [5, 5.41) is 20.4. The predicted molar refractivity (Wildman–Crippen MR) is 83.2 cm³/mol. The van der Waals surface area contributed by atoms with Crippen LogP contribution < -0.4 is 0 Å². The van der Waals surface area contributed by atoms with Gasteiger partial charge in [0.25, 0.3) is 0 Å². The molecular weight excluding hydrogens is 296 g/mol. The standard InChI is InChI=1S/C15H10N6S/c1-20-8-11(12(6-16)19-20)13-9-22-15(18-13)10-7-17-21-5-3-2-4-14(10)21/h2-5,7-9H,1H3. The van der Waals surface area contributed by atoms with Crippen LogP contribution in [0.5, 0.6) is 0 Å². The van der Waals surface area contributed by atoms with Crippen LogP contribution in [0.3, 0.4) is 0 Å². The van der Waals surface area contributed by atoms with Crippen molar-refractivity contribution in [2.75, 3.05) is 0 Å². The summed E-state index contributed by atoms with van der Waals surface area (Å²) >= 11 is 1.53. The molecule has 0 aliphatic heterocycles. The Labute approximate surface area is 129 Å². The lowest BCUT2D eigenvalue weighted by Gasteiger charge is -1.94. The molecule has 0 saturated carbocycles. The molecule has 6 nitrogen and oxygen atoms in total. The molecule has 0 fully saturated rings. The van der Waals surface area contributed by atoms with E-state index in [1.54, 1.807) is 11.7 Å². The average Bonchev–Trinajstić information content (AvgIpc) is 3.23. The molecule has 0 amide bonds. The van der Waals surface area contributed by atoms with Gasteiger partial charge < -0.3 is 0 Å². The van der Waals surface area contributed by atoms with Crippen molar-refractivity contribution in [1.29, 1.82) is 5.26 Å². The maximum atomic E-state index is 9.16. The molecule has 0 aliphatic rings.